The SMILES string of the molecule is CCc1ccc(C(=O)OC2CCCC2)cc1S(=O)(=O)Cl. The number of hydrogen-bond acceptors (Lipinski definition) is 4. The molecule has 0 aromatic heterocycles. The number of halogens is 1. The highest BCUT2D eigenvalue weighted by molar-refractivity contribution is 8.13. The second-order valence-electron chi connectivity index (χ2n) is 4.93. The molecule has 1 aromatic rings. The summed E-state index contributed by atoms with van der Waals surface area (Å²) >= 11 is 0. The van der Waals surface area contributed by atoms with E-state index in [1.54, 1.807) is 12.1 Å². The minimum absolute atomic E-state index is 0.0115. The van der Waals surface area contributed by atoms with Crippen LogP contribution in [0.15, 0.2) is 23.1 Å². The number of carbonyl (C=O) groups is 1. The molecule has 6 heteroatoms. The van der Waals surface area contributed by atoms with Crippen LogP contribution in [0.4, 0.5) is 0 Å². The van der Waals surface area contributed by atoms with Crippen LogP contribution in [-0.4, -0.2) is 20.5 Å². The first-order valence-electron chi connectivity index (χ1n) is 6.70. The van der Waals surface area contributed by atoms with Crippen LogP contribution in [0.25, 0.3) is 0 Å². The van der Waals surface area contributed by atoms with Gasteiger partial charge in [-0.1, -0.05) is 13.0 Å². The van der Waals surface area contributed by atoms with Gasteiger partial charge in [-0.2, -0.15) is 0 Å². The average molecular weight is 317 g/mol. The second kappa shape index (κ2) is 6.14. The zero-order valence-electron chi connectivity index (χ0n) is 11.3. The van der Waals surface area contributed by atoms with Crippen LogP contribution < -0.4 is 0 Å². The lowest BCUT2D eigenvalue weighted by atomic mass is 10.1. The standard InChI is InChI=1S/C14H17ClO4S/c1-2-10-7-8-11(9-13(10)20(15,17)18)14(16)19-12-5-3-4-6-12/h7-9,12H,2-6H2,1H3. The lowest BCUT2D eigenvalue weighted by Crippen LogP contribution is -2.15. The van der Waals surface area contributed by atoms with Crippen molar-refractivity contribution in [2.75, 3.05) is 0 Å². The maximum Gasteiger partial charge on any atom is 0.338 e. The van der Waals surface area contributed by atoms with Gasteiger partial charge < -0.3 is 4.74 Å². The Hall–Kier alpha value is -1.07. The molecule has 1 aromatic carbocycles. The number of rotatable bonds is 4. The molecule has 0 unspecified atom stereocenters. The van der Waals surface area contributed by atoms with Gasteiger partial charge in [-0.25, -0.2) is 13.2 Å². The molecule has 0 N–H and O–H groups in total. The summed E-state index contributed by atoms with van der Waals surface area (Å²) in [5.74, 6) is -0.485. The van der Waals surface area contributed by atoms with E-state index in [-0.39, 0.29) is 16.6 Å². The molecule has 0 heterocycles. The summed E-state index contributed by atoms with van der Waals surface area (Å²) in [4.78, 5) is 12.0. The van der Waals surface area contributed by atoms with Gasteiger partial charge in [0.2, 0.25) is 0 Å². The van der Waals surface area contributed by atoms with Gasteiger partial charge in [-0.3, -0.25) is 0 Å². The molecule has 20 heavy (non-hydrogen) atoms. The second-order valence-corrected chi connectivity index (χ2v) is 7.46. The summed E-state index contributed by atoms with van der Waals surface area (Å²) < 4.78 is 28.5. The van der Waals surface area contributed by atoms with Gasteiger partial charge in [0.25, 0.3) is 9.05 Å². The van der Waals surface area contributed by atoms with Crippen molar-refractivity contribution in [3.05, 3.63) is 29.3 Å². The van der Waals surface area contributed by atoms with Gasteiger partial charge in [0, 0.05) is 10.7 Å². The first-order chi connectivity index (χ1) is 9.41. The molecule has 1 saturated carbocycles. The minimum atomic E-state index is -3.86. The Morgan fingerprint density at radius 1 is 1.35 bits per heavy atom. The van der Waals surface area contributed by atoms with E-state index in [9.17, 15) is 13.2 Å². The Kier molecular flexibility index (Phi) is 4.70. The summed E-state index contributed by atoms with van der Waals surface area (Å²) in [6, 6.07) is 4.50. The molecule has 0 aliphatic heterocycles. The average Bonchev–Trinajstić information content (AvgIpc) is 2.89. The van der Waals surface area contributed by atoms with E-state index < -0.39 is 15.0 Å². The first-order valence-corrected chi connectivity index (χ1v) is 9.01. The quantitative estimate of drug-likeness (QED) is 0.632. The fourth-order valence-corrected chi connectivity index (χ4v) is 3.65. The zero-order chi connectivity index (χ0) is 14.8. The maximum atomic E-state index is 12.0. The number of hydrogen-bond donors (Lipinski definition) is 0. The summed E-state index contributed by atoms with van der Waals surface area (Å²) in [7, 11) is 1.55. The van der Waals surface area contributed by atoms with Crippen molar-refractivity contribution < 1.29 is 17.9 Å². The fraction of sp³-hybridized carbons (Fsp3) is 0.500. The molecule has 0 spiro atoms. The van der Waals surface area contributed by atoms with Crippen molar-refractivity contribution in [2.24, 2.45) is 0 Å². The van der Waals surface area contributed by atoms with Crippen LogP contribution >= 0.6 is 10.7 Å². The molecule has 110 valence electrons. The summed E-state index contributed by atoms with van der Waals surface area (Å²) in [5, 5.41) is 0. The maximum absolute atomic E-state index is 12.0. The third-order valence-electron chi connectivity index (χ3n) is 3.52. The molecule has 0 amide bonds. The number of carbonyl (C=O) groups excluding carboxylic acids is 1. The van der Waals surface area contributed by atoms with Crippen molar-refractivity contribution in [3.63, 3.8) is 0 Å². The Labute approximate surface area is 123 Å². The normalized spacial score (nSPS) is 16.3. The summed E-state index contributed by atoms with van der Waals surface area (Å²) in [5.41, 5.74) is 0.825. The molecule has 0 bridgehead atoms. The molecule has 4 nitrogen and oxygen atoms in total. The van der Waals surface area contributed by atoms with Gasteiger partial charge in [0.15, 0.2) is 0 Å². The van der Waals surface area contributed by atoms with Crippen molar-refractivity contribution in [2.45, 2.75) is 50.0 Å². The van der Waals surface area contributed by atoms with Crippen LogP contribution in [0.5, 0.6) is 0 Å². The Morgan fingerprint density at radius 2 is 2.00 bits per heavy atom. The predicted octanol–water partition coefficient (Wildman–Crippen LogP) is 3.28. The number of ether oxygens (including phenoxy) is 1. The molecule has 1 aliphatic carbocycles. The Morgan fingerprint density at radius 3 is 2.55 bits per heavy atom. The summed E-state index contributed by atoms with van der Waals surface area (Å²) in [6.45, 7) is 1.83. The van der Waals surface area contributed by atoms with Crippen LogP contribution in [0, 0.1) is 0 Å². The van der Waals surface area contributed by atoms with E-state index in [0.29, 0.717) is 12.0 Å². The predicted molar refractivity (Wildman–Crippen MR) is 76.5 cm³/mol. The molecular formula is C14H17ClO4S. The number of esters is 1. The van der Waals surface area contributed by atoms with Crippen LogP contribution in [0.1, 0.15) is 48.5 Å². The summed E-state index contributed by atoms with van der Waals surface area (Å²) in [6.07, 6.45) is 4.35. The first kappa shape index (κ1) is 15.3. The molecule has 1 fully saturated rings. The molecule has 0 radical (unpaired) electrons. The molecular weight excluding hydrogens is 300 g/mol. The van der Waals surface area contributed by atoms with Gasteiger partial charge in [-0.15, -0.1) is 0 Å². The Bertz CT molecular complexity index is 604. The number of aryl methyl sites for hydroxylation is 1. The van der Waals surface area contributed by atoms with Crippen LogP contribution in [-0.2, 0) is 20.2 Å². The highest BCUT2D eigenvalue weighted by Gasteiger charge is 2.22. The van der Waals surface area contributed by atoms with Gasteiger partial charge in [0.1, 0.15) is 6.10 Å². The topological polar surface area (TPSA) is 60.4 Å². The van der Waals surface area contributed by atoms with Crippen molar-refractivity contribution in [1.82, 2.24) is 0 Å². The third kappa shape index (κ3) is 3.52. The molecule has 0 saturated heterocycles. The van der Waals surface area contributed by atoms with Crippen molar-refractivity contribution in [3.8, 4) is 0 Å². The lowest BCUT2D eigenvalue weighted by Gasteiger charge is -2.12. The van der Waals surface area contributed by atoms with E-state index in [1.807, 2.05) is 6.92 Å². The van der Waals surface area contributed by atoms with E-state index >= 15 is 0 Å². The number of benzene rings is 1. The monoisotopic (exact) mass is 316 g/mol. The molecule has 2 rings (SSSR count). The lowest BCUT2D eigenvalue weighted by molar-refractivity contribution is 0.0317. The highest BCUT2D eigenvalue weighted by atomic mass is 35.7. The van der Waals surface area contributed by atoms with E-state index in [2.05, 4.69) is 0 Å². The fourth-order valence-electron chi connectivity index (χ4n) is 2.43. The van der Waals surface area contributed by atoms with Gasteiger partial charge in [0.05, 0.1) is 10.5 Å². The third-order valence-corrected chi connectivity index (χ3v) is 4.93. The molecule has 0 atom stereocenters. The van der Waals surface area contributed by atoms with Gasteiger partial charge >= 0.3 is 5.97 Å². The minimum Gasteiger partial charge on any atom is -0.459 e. The van der Waals surface area contributed by atoms with Gasteiger partial charge in [-0.05, 0) is 49.8 Å². The van der Waals surface area contributed by atoms with Crippen molar-refractivity contribution in [1.29, 1.82) is 0 Å². The van der Waals surface area contributed by atoms with E-state index in [0.717, 1.165) is 25.7 Å². The smallest absolute Gasteiger partial charge is 0.338 e. The Balaban J connectivity index is 2.26. The van der Waals surface area contributed by atoms with E-state index in [1.165, 1.54) is 6.07 Å². The van der Waals surface area contributed by atoms with Crippen molar-refractivity contribution >= 4 is 25.7 Å². The highest BCUT2D eigenvalue weighted by Crippen LogP contribution is 2.25. The van der Waals surface area contributed by atoms with Crippen LogP contribution in [0.2, 0.25) is 0 Å². The van der Waals surface area contributed by atoms with E-state index in [4.69, 9.17) is 15.4 Å². The van der Waals surface area contributed by atoms with Crippen LogP contribution in [0.3, 0.4) is 0 Å². The largest absolute Gasteiger partial charge is 0.459 e. The molecule has 1 aliphatic rings. The zero-order valence-corrected chi connectivity index (χ0v) is 12.8.